The number of hydrogen-bond donors (Lipinski definition) is 2. The van der Waals surface area contributed by atoms with Crippen molar-refractivity contribution in [1.29, 1.82) is 0 Å². The summed E-state index contributed by atoms with van der Waals surface area (Å²) in [4.78, 5) is 24.0. The summed E-state index contributed by atoms with van der Waals surface area (Å²) in [5.41, 5.74) is 2.31. The molecule has 0 aliphatic heterocycles. The molecule has 0 radical (unpaired) electrons. The van der Waals surface area contributed by atoms with Crippen LogP contribution in [0.4, 0.5) is 0 Å². The van der Waals surface area contributed by atoms with Crippen LogP contribution in [-0.2, 0) is 27.2 Å². The van der Waals surface area contributed by atoms with Crippen LogP contribution in [-0.4, -0.2) is 41.0 Å². The Balaban J connectivity index is 1.50. The smallest absolute Gasteiger partial charge is 0.341 e. The Kier molecular flexibility index (Phi) is 7.94. The summed E-state index contributed by atoms with van der Waals surface area (Å²) in [7, 11) is 0. The van der Waals surface area contributed by atoms with E-state index >= 15 is 0 Å². The van der Waals surface area contributed by atoms with Crippen molar-refractivity contribution >= 4 is 11.9 Å². The van der Waals surface area contributed by atoms with Gasteiger partial charge >= 0.3 is 11.9 Å². The van der Waals surface area contributed by atoms with Crippen LogP contribution in [0.15, 0.2) is 18.2 Å². The van der Waals surface area contributed by atoms with Gasteiger partial charge in [-0.3, -0.25) is 4.79 Å². The first-order valence-electron chi connectivity index (χ1n) is 12.8. The molecule has 2 fully saturated rings. The van der Waals surface area contributed by atoms with Crippen LogP contribution in [0.2, 0.25) is 0 Å². The Morgan fingerprint density at radius 2 is 1.94 bits per heavy atom. The quantitative estimate of drug-likeness (QED) is 0.528. The molecule has 4 rings (SSSR count). The highest BCUT2D eigenvalue weighted by Gasteiger charge is 2.47. The number of carboxylic acids is 1. The number of carbonyl (C=O) groups is 2. The molecule has 0 bridgehead atoms. The van der Waals surface area contributed by atoms with E-state index in [0.29, 0.717) is 17.6 Å². The lowest BCUT2D eigenvalue weighted by Crippen LogP contribution is -2.31. The first-order chi connectivity index (χ1) is 16.0. The number of ether oxygens (including phenoxy) is 2. The number of esters is 1. The van der Waals surface area contributed by atoms with E-state index in [0.717, 1.165) is 69.8 Å². The minimum atomic E-state index is -0.980. The van der Waals surface area contributed by atoms with E-state index in [1.807, 2.05) is 19.1 Å². The summed E-state index contributed by atoms with van der Waals surface area (Å²) in [6.45, 7) is 1.65. The molecular formula is C27H38O6. The summed E-state index contributed by atoms with van der Waals surface area (Å²) in [5.74, 6) is 0.722. The first kappa shape index (κ1) is 24.1. The van der Waals surface area contributed by atoms with Crippen molar-refractivity contribution in [3.63, 3.8) is 0 Å². The summed E-state index contributed by atoms with van der Waals surface area (Å²) in [5, 5.41) is 19.2. The lowest BCUT2D eigenvalue weighted by Gasteiger charge is -2.33. The van der Waals surface area contributed by atoms with Crippen molar-refractivity contribution in [3.8, 4) is 5.75 Å². The molecule has 0 spiro atoms. The first-order valence-corrected chi connectivity index (χ1v) is 12.8. The summed E-state index contributed by atoms with van der Waals surface area (Å²) in [6, 6.07) is 5.90. The monoisotopic (exact) mass is 458 g/mol. The molecule has 3 aliphatic carbocycles. The maximum absolute atomic E-state index is 13.0. The molecule has 0 amide bonds. The fraction of sp³-hybridized carbons (Fsp3) is 0.704. The van der Waals surface area contributed by atoms with Crippen molar-refractivity contribution in [3.05, 3.63) is 29.3 Å². The highest BCUT2D eigenvalue weighted by atomic mass is 16.5. The number of carboxylic acid groups (broad SMARTS) is 1. The Morgan fingerprint density at radius 1 is 1.15 bits per heavy atom. The Labute approximate surface area is 196 Å². The van der Waals surface area contributed by atoms with Crippen LogP contribution in [0.25, 0.3) is 0 Å². The van der Waals surface area contributed by atoms with Crippen LogP contribution in [0.3, 0.4) is 0 Å². The van der Waals surface area contributed by atoms with Crippen LogP contribution < -0.4 is 4.74 Å². The molecule has 6 nitrogen and oxygen atoms in total. The molecule has 0 heterocycles. The highest BCUT2D eigenvalue weighted by Crippen LogP contribution is 2.49. The predicted octanol–water partition coefficient (Wildman–Crippen LogP) is 4.54. The van der Waals surface area contributed by atoms with Crippen LogP contribution in [0.5, 0.6) is 5.75 Å². The van der Waals surface area contributed by atoms with Crippen molar-refractivity contribution in [1.82, 2.24) is 0 Å². The number of aliphatic hydroxyl groups excluding tert-OH is 1. The molecule has 6 heteroatoms. The second-order valence-corrected chi connectivity index (χ2v) is 10.3. The third-order valence-electron chi connectivity index (χ3n) is 8.18. The van der Waals surface area contributed by atoms with Crippen LogP contribution in [0, 0.1) is 23.7 Å². The number of hydrogen-bond acceptors (Lipinski definition) is 5. The summed E-state index contributed by atoms with van der Waals surface area (Å²) in [6.07, 6.45) is 9.76. The van der Waals surface area contributed by atoms with Gasteiger partial charge in [0.25, 0.3) is 0 Å². The van der Waals surface area contributed by atoms with Gasteiger partial charge in [-0.1, -0.05) is 38.3 Å². The molecule has 0 saturated heterocycles. The fourth-order valence-corrected chi connectivity index (χ4v) is 6.36. The minimum absolute atomic E-state index is 0.0256. The zero-order valence-corrected chi connectivity index (χ0v) is 19.7. The summed E-state index contributed by atoms with van der Waals surface area (Å²) >= 11 is 0. The van der Waals surface area contributed by atoms with Gasteiger partial charge in [0.1, 0.15) is 11.9 Å². The Bertz CT molecular complexity index is 830. The number of carbonyl (C=O) groups excluding carboxylic acids is 1. The molecule has 33 heavy (non-hydrogen) atoms. The molecule has 2 N–H and O–H groups in total. The second-order valence-electron chi connectivity index (χ2n) is 10.3. The van der Waals surface area contributed by atoms with E-state index in [9.17, 15) is 14.7 Å². The molecule has 1 aromatic rings. The van der Waals surface area contributed by atoms with Crippen molar-refractivity contribution in [2.45, 2.75) is 89.8 Å². The number of fused-ring (bicyclic) bond motifs is 2. The number of aliphatic hydroxyl groups is 1. The molecule has 0 unspecified atom stereocenters. The Morgan fingerprint density at radius 3 is 2.67 bits per heavy atom. The third-order valence-corrected chi connectivity index (χ3v) is 8.18. The summed E-state index contributed by atoms with van der Waals surface area (Å²) < 4.78 is 11.8. The van der Waals surface area contributed by atoms with E-state index in [4.69, 9.17) is 14.6 Å². The zero-order valence-electron chi connectivity index (χ0n) is 19.7. The van der Waals surface area contributed by atoms with Crippen LogP contribution in [0.1, 0.15) is 75.8 Å². The lowest BCUT2D eigenvalue weighted by molar-refractivity contribution is -0.157. The standard InChI is InChI=1S/C27H38O6/c1-2-20(28)11-12-21-22-13-18-9-6-10-24(32-16-26(29)30)23(18)14-19(22)15-25(21)33-27(31)17-7-4-3-5-8-17/h6,9-10,17,19-22,25,28H,2-5,7-8,11-16H2,1H3,(H,29,30)/t19-,20-,21+,22-,25+/m0/s1. The lowest BCUT2D eigenvalue weighted by atomic mass is 9.73. The number of benzene rings is 1. The van der Waals surface area contributed by atoms with Gasteiger partial charge in [0.15, 0.2) is 6.61 Å². The number of rotatable bonds is 9. The SMILES string of the molecule is CC[C@H](O)CC[C@@H]1[C@H]2Cc3cccc(OCC(=O)O)c3C[C@H]2C[C@H]1OC(=O)C1CCCCC1. The van der Waals surface area contributed by atoms with Gasteiger partial charge in [0.05, 0.1) is 12.0 Å². The molecular weight excluding hydrogens is 420 g/mol. The van der Waals surface area contributed by atoms with Gasteiger partial charge < -0.3 is 19.7 Å². The van der Waals surface area contributed by atoms with E-state index < -0.39 is 5.97 Å². The van der Waals surface area contributed by atoms with E-state index in [1.165, 1.54) is 12.0 Å². The molecule has 1 aromatic carbocycles. The van der Waals surface area contributed by atoms with Gasteiger partial charge in [-0.2, -0.15) is 0 Å². The molecule has 3 aliphatic rings. The van der Waals surface area contributed by atoms with Crippen molar-refractivity contribution in [2.24, 2.45) is 23.7 Å². The van der Waals surface area contributed by atoms with E-state index in [-0.39, 0.29) is 36.6 Å². The van der Waals surface area contributed by atoms with Gasteiger partial charge in [0, 0.05) is 0 Å². The van der Waals surface area contributed by atoms with E-state index in [1.54, 1.807) is 0 Å². The molecule has 0 aromatic heterocycles. The van der Waals surface area contributed by atoms with Crippen molar-refractivity contribution < 1.29 is 29.3 Å². The second kappa shape index (κ2) is 10.9. The normalized spacial score (nSPS) is 27.9. The average molecular weight is 459 g/mol. The third kappa shape index (κ3) is 5.71. The zero-order chi connectivity index (χ0) is 23.4. The molecule has 5 atom stereocenters. The number of aliphatic carboxylic acids is 1. The minimum Gasteiger partial charge on any atom is -0.482 e. The Hall–Kier alpha value is -2.08. The molecule has 2 saturated carbocycles. The maximum Gasteiger partial charge on any atom is 0.341 e. The van der Waals surface area contributed by atoms with Gasteiger partial charge in [0.2, 0.25) is 0 Å². The molecule has 182 valence electrons. The largest absolute Gasteiger partial charge is 0.482 e. The van der Waals surface area contributed by atoms with Crippen molar-refractivity contribution in [2.75, 3.05) is 6.61 Å². The average Bonchev–Trinajstić information content (AvgIpc) is 3.15. The highest BCUT2D eigenvalue weighted by molar-refractivity contribution is 5.72. The van der Waals surface area contributed by atoms with Gasteiger partial charge in [-0.15, -0.1) is 0 Å². The fourth-order valence-electron chi connectivity index (χ4n) is 6.36. The maximum atomic E-state index is 13.0. The predicted molar refractivity (Wildman–Crippen MR) is 124 cm³/mol. The van der Waals surface area contributed by atoms with Gasteiger partial charge in [-0.05, 0) is 86.3 Å². The topological polar surface area (TPSA) is 93.1 Å². The van der Waals surface area contributed by atoms with Crippen LogP contribution >= 0.6 is 0 Å². The van der Waals surface area contributed by atoms with Gasteiger partial charge in [-0.25, -0.2) is 4.79 Å². The van der Waals surface area contributed by atoms with E-state index in [2.05, 4.69) is 6.07 Å².